The van der Waals surface area contributed by atoms with Crippen LogP contribution in [-0.2, 0) is 4.74 Å². The molecule has 0 aliphatic carbocycles. The monoisotopic (exact) mass is 336 g/mol. The van der Waals surface area contributed by atoms with Crippen molar-refractivity contribution in [2.24, 2.45) is 10.8 Å². The number of thiocarbonyl (C=S) groups is 1. The van der Waals surface area contributed by atoms with E-state index in [-0.39, 0.29) is 17.3 Å². The average molecular weight is 336 g/mol. The number of morpholine rings is 1. The van der Waals surface area contributed by atoms with Gasteiger partial charge in [0.2, 0.25) is 0 Å². The fourth-order valence-electron chi connectivity index (χ4n) is 2.61. The van der Waals surface area contributed by atoms with Crippen LogP contribution in [-0.4, -0.2) is 54.7 Å². The van der Waals surface area contributed by atoms with E-state index < -0.39 is 0 Å². The minimum atomic E-state index is 0.141. The highest BCUT2D eigenvalue weighted by molar-refractivity contribution is 7.80. The number of ether oxygens (including phenoxy) is 2. The number of nitrogens with two attached hydrogens (primary N) is 1. The summed E-state index contributed by atoms with van der Waals surface area (Å²) in [5, 5.41) is 4.08. The highest BCUT2D eigenvalue weighted by Gasteiger charge is 2.21. The third-order valence-corrected chi connectivity index (χ3v) is 3.51. The van der Waals surface area contributed by atoms with Crippen molar-refractivity contribution in [3.8, 4) is 5.75 Å². The highest BCUT2D eigenvalue weighted by atomic mass is 32.1. The molecule has 1 aromatic rings. The Balaban J connectivity index is 1.79. The fourth-order valence-corrected chi connectivity index (χ4v) is 2.67. The summed E-state index contributed by atoms with van der Waals surface area (Å²) in [6.07, 6.45) is 2.20. The second-order valence-corrected chi connectivity index (χ2v) is 6.11. The van der Waals surface area contributed by atoms with Gasteiger partial charge >= 0.3 is 0 Å². The van der Waals surface area contributed by atoms with Crippen LogP contribution >= 0.6 is 12.2 Å². The Bertz CT molecular complexity index is 543. The number of hydrazone groups is 1. The third kappa shape index (κ3) is 6.52. The van der Waals surface area contributed by atoms with Crippen LogP contribution < -0.4 is 15.9 Å². The molecule has 0 amide bonds. The molecule has 0 spiro atoms. The van der Waals surface area contributed by atoms with Crippen molar-refractivity contribution in [3.05, 3.63) is 29.8 Å². The van der Waals surface area contributed by atoms with Gasteiger partial charge in [0.25, 0.3) is 0 Å². The van der Waals surface area contributed by atoms with Crippen molar-refractivity contribution in [1.82, 2.24) is 10.3 Å². The van der Waals surface area contributed by atoms with E-state index in [4.69, 9.17) is 15.2 Å². The average Bonchev–Trinajstić information content (AvgIpc) is 2.46. The van der Waals surface area contributed by atoms with Gasteiger partial charge in [-0.15, -0.1) is 0 Å². The van der Waals surface area contributed by atoms with E-state index in [1.54, 1.807) is 6.21 Å². The van der Waals surface area contributed by atoms with Crippen molar-refractivity contribution in [2.45, 2.75) is 26.1 Å². The van der Waals surface area contributed by atoms with Crippen LogP contribution in [0.3, 0.4) is 0 Å². The molecule has 23 heavy (non-hydrogen) atoms. The summed E-state index contributed by atoms with van der Waals surface area (Å²) in [6, 6.07) is 7.72. The molecule has 0 bridgehead atoms. The van der Waals surface area contributed by atoms with Gasteiger partial charge in [-0.2, -0.15) is 5.10 Å². The van der Waals surface area contributed by atoms with Gasteiger partial charge in [-0.1, -0.05) is 12.1 Å². The van der Waals surface area contributed by atoms with E-state index in [0.29, 0.717) is 6.61 Å². The van der Waals surface area contributed by atoms with Crippen LogP contribution in [0.25, 0.3) is 0 Å². The van der Waals surface area contributed by atoms with Crippen LogP contribution in [0.5, 0.6) is 5.75 Å². The molecule has 3 N–H and O–H groups in total. The molecular formula is C16H24N4O2S. The van der Waals surface area contributed by atoms with E-state index in [1.807, 2.05) is 24.3 Å². The van der Waals surface area contributed by atoms with Crippen LogP contribution in [0.1, 0.15) is 19.4 Å². The second kappa shape index (κ2) is 8.81. The molecule has 126 valence electrons. The van der Waals surface area contributed by atoms with Crippen molar-refractivity contribution in [1.29, 1.82) is 0 Å². The Morgan fingerprint density at radius 1 is 1.48 bits per heavy atom. The summed E-state index contributed by atoms with van der Waals surface area (Å²) in [6.45, 7) is 7.64. The van der Waals surface area contributed by atoms with E-state index in [2.05, 4.69) is 41.5 Å². The molecule has 1 aliphatic rings. The standard InChI is InChI=1S/C16H24N4O2S/c1-12-10-20(11-13(2)22-12)6-7-21-15-5-3-4-14(8-15)9-18-19-16(17)23/h3-5,8-9,12-13H,6-7,10-11H2,1-2H3,(H3,17,19,23). The summed E-state index contributed by atoms with van der Waals surface area (Å²) in [7, 11) is 0. The predicted octanol–water partition coefficient (Wildman–Crippen LogP) is 1.34. The van der Waals surface area contributed by atoms with Crippen LogP contribution in [0, 0.1) is 0 Å². The number of rotatable bonds is 6. The molecule has 1 saturated heterocycles. The first kappa shape index (κ1) is 17.7. The van der Waals surface area contributed by atoms with Gasteiger partial charge < -0.3 is 15.2 Å². The first-order valence-corrected chi connectivity index (χ1v) is 8.13. The lowest BCUT2D eigenvalue weighted by atomic mass is 10.2. The number of nitrogens with zero attached hydrogens (tertiary/aromatic N) is 2. The van der Waals surface area contributed by atoms with E-state index in [9.17, 15) is 0 Å². The Labute approximate surface area is 142 Å². The molecule has 2 unspecified atom stereocenters. The third-order valence-electron chi connectivity index (χ3n) is 3.42. The van der Waals surface area contributed by atoms with Crippen LogP contribution in [0.2, 0.25) is 0 Å². The molecule has 0 aromatic heterocycles. The minimum Gasteiger partial charge on any atom is -0.492 e. The normalized spacial score (nSPS) is 22.2. The summed E-state index contributed by atoms with van der Waals surface area (Å²) in [5.41, 5.74) is 8.75. The number of hydrogen-bond donors (Lipinski definition) is 2. The van der Waals surface area contributed by atoms with Gasteiger partial charge in [-0.25, -0.2) is 0 Å². The fraction of sp³-hybridized carbons (Fsp3) is 0.500. The van der Waals surface area contributed by atoms with Crippen LogP contribution in [0.4, 0.5) is 0 Å². The van der Waals surface area contributed by atoms with Crippen molar-refractivity contribution in [3.63, 3.8) is 0 Å². The quantitative estimate of drug-likeness (QED) is 0.464. The smallest absolute Gasteiger partial charge is 0.184 e. The van der Waals surface area contributed by atoms with E-state index >= 15 is 0 Å². The first-order valence-electron chi connectivity index (χ1n) is 7.72. The summed E-state index contributed by atoms with van der Waals surface area (Å²) < 4.78 is 11.6. The molecule has 1 fully saturated rings. The van der Waals surface area contributed by atoms with E-state index in [1.165, 1.54) is 0 Å². The van der Waals surface area contributed by atoms with Crippen molar-refractivity contribution in [2.75, 3.05) is 26.2 Å². The zero-order valence-electron chi connectivity index (χ0n) is 13.6. The van der Waals surface area contributed by atoms with Crippen molar-refractivity contribution >= 4 is 23.5 Å². The molecule has 0 radical (unpaired) electrons. The van der Waals surface area contributed by atoms with Crippen LogP contribution in [0.15, 0.2) is 29.4 Å². The van der Waals surface area contributed by atoms with Gasteiger partial charge in [0.15, 0.2) is 5.11 Å². The minimum absolute atomic E-state index is 0.141. The van der Waals surface area contributed by atoms with Gasteiger partial charge in [-0.3, -0.25) is 10.3 Å². The molecular weight excluding hydrogens is 312 g/mol. The Kier molecular flexibility index (Phi) is 6.76. The maximum Gasteiger partial charge on any atom is 0.184 e. The van der Waals surface area contributed by atoms with Gasteiger partial charge in [0, 0.05) is 19.6 Å². The molecule has 2 atom stereocenters. The molecule has 0 saturated carbocycles. The number of hydrogen-bond acceptors (Lipinski definition) is 5. The summed E-state index contributed by atoms with van der Waals surface area (Å²) >= 11 is 4.69. The molecule has 7 heteroatoms. The lowest BCUT2D eigenvalue weighted by Gasteiger charge is -2.35. The zero-order valence-corrected chi connectivity index (χ0v) is 14.4. The lowest BCUT2D eigenvalue weighted by Crippen LogP contribution is -2.46. The predicted molar refractivity (Wildman–Crippen MR) is 95.9 cm³/mol. The maximum atomic E-state index is 5.83. The summed E-state index contributed by atoms with van der Waals surface area (Å²) in [4.78, 5) is 2.37. The number of nitrogens with one attached hydrogen (secondary N) is 1. The Hall–Kier alpha value is -1.70. The molecule has 6 nitrogen and oxygen atoms in total. The zero-order chi connectivity index (χ0) is 16.7. The summed E-state index contributed by atoms with van der Waals surface area (Å²) in [5.74, 6) is 0.818. The van der Waals surface area contributed by atoms with Gasteiger partial charge in [0.1, 0.15) is 12.4 Å². The van der Waals surface area contributed by atoms with Crippen molar-refractivity contribution < 1.29 is 9.47 Å². The molecule has 1 aromatic carbocycles. The van der Waals surface area contributed by atoms with E-state index in [0.717, 1.165) is 30.9 Å². The maximum absolute atomic E-state index is 5.83. The van der Waals surface area contributed by atoms with Gasteiger partial charge in [0.05, 0.1) is 18.4 Å². The number of benzene rings is 1. The largest absolute Gasteiger partial charge is 0.492 e. The topological polar surface area (TPSA) is 72.1 Å². The lowest BCUT2D eigenvalue weighted by molar-refractivity contribution is -0.0699. The molecule has 1 heterocycles. The second-order valence-electron chi connectivity index (χ2n) is 5.67. The Morgan fingerprint density at radius 3 is 2.91 bits per heavy atom. The highest BCUT2D eigenvalue weighted by Crippen LogP contribution is 2.13. The molecule has 2 rings (SSSR count). The molecule has 1 aliphatic heterocycles. The van der Waals surface area contributed by atoms with Gasteiger partial charge in [-0.05, 0) is 43.8 Å². The first-order chi connectivity index (χ1) is 11.0. The Morgan fingerprint density at radius 2 is 2.22 bits per heavy atom. The SMILES string of the molecule is CC1CN(CCOc2cccc(C=NNC(N)=S)c2)CC(C)O1.